The van der Waals surface area contributed by atoms with Gasteiger partial charge in [-0.3, -0.25) is 9.88 Å². The van der Waals surface area contributed by atoms with Gasteiger partial charge in [-0.05, 0) is 47.7 Å². The summed E-state index contributed by atoms with van der Waals surface area (Å²) in [5, 5.41) is 50.7. The van der Waals surface area contributed by atoms with Gasteiger partial charge in [-0.15, -0.1) is 0 Å². The van der Waals surface area contributed by atoms with E-state index in [1.807, 2.05) is 24.3 Å². The third-order valence-corrected chi connectivity index (χ3v) is 8.97. The van der Waals surface area contributed by atoms with Gasteiger partial charge in [0, 0.05) is 48.2 Å². The number of aromatic nitrogens is 1. The number of halogens is 2. The zero-order chi connectivity index (χ0) is 32.4. The minimum absolute atomic E-state index is 0.00387. The van der Waals surface area contributed by atoms with Gasteiger partial charge in [0.2, 0.25) is 0 Å². The Hall–Kier alpha value is -4.08. The summed E-state index contributed by atoms with van der Waals surface area (Å²) < 4.78 is 27.4. The molecule has 9 nitrogen and oxygen atoms in total. The molecule has 2 aliphatic rings. The van der Waals surface area contributed by atoms with Crippen molar-refractivity contribution >= 4 is 11.6 Å². The monoisotopic (exact) mass is 645 g/mol. The molecule has 0 bridgehead atoms. The summed E-state index contributed by atoms with van der Waals surface area (Å²) in [6, 6.07) is 18.7. The lowest BCUT2D eigenvalue weighted by molar-refractivity contribution is -0.147. The van der Waals surface area contributed by atoms with Crippen LogP contribution < -0.4 is 9.47 Å². The lowest BCUT2D eigenvalue weighted by atomic mass is 9.93. The minimum Gasteiger partial charge on any atom is -0.488 e. The Morgan fingerprint density at radius 2 is 1.80 bits per heavy atom. The number of fused-ring (bicyclic) bond motifs is 1. The molecule has 1 fully saturated rings. The van der Waals surface area contributed by atoms with Gasteiger partial charge in [0.05, 0.1) is 29.3 Å². The molecule has 11 heteroatoms. The minimum atomic E-state index is -1.39. The number of rotatable bonds is 9. The number of nitrogens with zero attached hydrogens (tertiary/aromatic N) is 3. The standard InChI is InChI=1S/C35H33ClFN3O6/c36-27-11-22(16-40-17-30(42)35(44)34(43)29(40)18-41)32(45-19-21-10-20(13-38)14-39-15-21)12-33(27)46-31-9-8-24-23(5-3-6-26(24)31)25-4-1-2-7-28(25)37/h1-7,10-12,14-15,29-31,34-35,41-44H,8-9,16-19H2/t29-,30?,31?,34?,35?/m1/s1. The van der Waals surface area contributed by atoms with Crippen molar-refractivity contribution in [3.63, 3.8) is 0 Å². The van der Waals surface area contributed by atoms with E-state index < -0.39 is 31.0 Å². The van der Waals surface area contributed by atoms with E-state index >= 15 is 0 Å². The van der Waals surface area contributed by atoms with Crippen molar-refractivity contribution < 1.29 is 34.3 Å². The van der Waals surface area contributed by atoms with Gasteiger partial charge >= 0.3 is 0 Å². The Balaban J connectivity index is 1.31. The van der Waals surface area contributed by atoms with Crippen LogP contribution in [0.25, 0.3) is 11.1 Å². The Kier molecular flexibility index (Phi) is 9.52. The van der Waals surface area contributed by atoms with Crippen LogP contribution in [-0.2, 0) is 19.6 Å². The lowest BCUT2D eigenvalue weighted by Crippen LogP contribution is -2.62. The number of likely N-dealkylation sites (tertiary alicyclic amines) is 1. The largest absolute Gasteiger partial charge is 0.488 e. The first-order valence-corrected chi connectivity index (χ1v) is 15.4. The van der Waals surface area contributed by atoms with Gasteiger partial charge in [0.15, 0.2) is 0 Å². The molecule has 46 heavy (non-hydrogen) atoms. The maximum Gasteiger partial charge on any atom is 0.142 e. The highest BCUT2D eigenvalue weighted by molar-refractivity contribution is 6.32. The van der Waals surface area contributed by atoms with Gasteiger partial charge in [-0.25, -0.2) is 4.39 Å². The molecule has 0 amide bonds. The second-order valence-corrected chi connectivity index (χ2v) is 12.0. The van der Waals surface area contributed by atoms with E-state index in [1.165, 1.54) is 12.3 Å². The molecule has 1 aliphatic carbocycles. The number of β-amino-alcohol motifs (C(OH)–C–C–N with tert-alkyl or cyclic N) is 1. The Morgan fingerprint density at radius 1 is 1.00 bits per heavy atom. The van der Waals surface area contributed by atoms with Crippen LogP contribution in [0.3, 0.4) is 0 Å². The van der Waals surface area contributed by atoms with Crippen LogP contribution in [0.4, 0.5) is 4.39 Å². The molecule has 1 aliphatic heterocycles. The van der Waals surface area contributed by atoms with Gasteiger partial charge in [-0.2, -0.15) is 5.26 Å². The summed E-state index contributed by atoms with van der Waals surface area (Å²) in [7, 11) is 0. The van der Waals surface area contributed by atoms with Crippen LogP contribution in [0.15, 0.2) is 73.1 Å². The number of ether oxygens (including phenoxy) is 2. The molecule has 238 valence electrons. The van der Waals surface area contributed by atoms with Crippen LogP contribution in [0.2, 0.25) is 5.02 Å². The van der Waals surface area contributed by atoms with Crippen molar-refractivity contribution in [2.24, 2.45) is 0 Å². The molecule has 5 atom stereocenters. The van der Waals surface area contributed by atoms with Crippen LogP contribution in [0, 0.1) is 17.1 Å². The van der Waals surface area contributed by atoms with Crippen molar-refractivity contribution in [1.82, 2.24) is 9.88 Å². The highest BCUT2D eigenvalue weighted by Gasteiger charge is 2.41. The molecule has 0 spiro atoms. The molecule has 0 saturated carbocycles. The maximum absolute atomic E-state index is 14.7. The summed E-state index contributed by atoms with van der Waals surface area (Å²) in [5.41, 5.74) is 4.97. The number of aliphatic hydroxyl groups excluding tert-OH is 4. The Labute approximate surface area is 270 Å². The number of pyridine rings is 1. The highest BCUT2D eigenvalue weighted by Crippen LogP contribution is 2.43. The van der Waals surface area contributed by atoms with E-state index in [4.69, 9.17) is 21.1 Å². The van der Waals surface area contributed by atoms with Gasteiger partial charge in [0.1, 0.15) is 48.3 Å². The smallest absolute Gasteiger partial charge is 0.142 e. The normalized spacial score (nSPS) is 22.7. The van der Waals surface area contributed by atoms with E-state index in [1.54, 1.807) is 41.4 Å². The van der Waals surface area contributed by atoms with Crippen molar-refractivity contribution in [1.29, 1.82) is 5.26 Å². The summed E-state index contributed by atoms with van der Waals surface area (Å²) in [5.74, 6) is 0.473. The Morgan fingerprint density at radius 3 is 2.59 bits per heavy atom. The fourth-order valence-electron chi connectivity index (χ4n) is 6.32. The summed E-state index contributed by atoms with van der Waals surface area (Å²) in [6.07, 6.45) is 0.0715. The van der Waals surface area contributed by atoms with Crippen molar-refractivity contribution in [3.05, 3.63) is 112 Å². The molecular formula is C35H33ClFN3O6. The molecular weight excluding hydrogens is 613 g/mol. The van der Waals surface area contributed by atoms with Crippen molar-refractivity contribution in [2.45, 2.75) is 56.5 Å². The third-order valence-electron chi connectivity index (χ3n) is 8.67. The number of nitriles is 1. The predicted octanol–water partition coefficient (Wildman–Crippen LogP) is 4.32. The molecule has 0 radical (unpaired) electrons. The van der Waals surface area contributed by atoms with E-state index in [2.05, 4.69) is 11.1 Å². The fraction of sp³-hybridized carbons (Fsp3) is 0.314. The first-order chi connectivity index (χ1) is 22.3. The molecule has 4 N–H and O–H groups in total. The molecule has 4 unspecified atom stereocenters. The van der Waals surface area contributed by atoms with E-state index in [0.717, 1.165) is 16.7 Å². The fourth-order valence-corrected chi connectivity index (χ4v) is 6.55. The Bertz CT molecular complexity index is 1770. The molecule has 4 aromatic rings. The highest BCUT2D eigenvalue weighted by atomic mass is 35.5. The van der Waals surface area contributed by atoms with Crippen molar-refractivity contribution in [3.8, 4) is 28.7 Å². The third kappa shape index (κ3) is 6.44. The first kappa shape index (κ1) is 31.9. The van der Waals surface area contributed by atoms with Gasteiger partial charge < -0.3 is 29.9 Å². The predicted molar refractivity (Wildman–Crippen MR) is 168 cm³/mol. The lowest BCUT2D eigenvalue weighted by Gasteiger charge is -2.43. The van der Waals surface area contributed by atoms with Gasteiger partial charge in [0.25, 0.3) is 0 Å². The number of hydrogen-bond acceptors (Lipinski definition) is 9. The maximum atomic E-state index is 14.7. The second kappa shape index (κ2) is 13.7. The molecule has 6 rings (SSSR count). The summed E-state index contributed by atoms with van der Waals surface area (Å²) >= 11 is 6.80. The van der Waals surface area contributed by atoms with E-state index in [0.29, 0.717) is 51.6 Å². The number of piperidine rings is 1. The molecule has 2 heterocycles. The zero-order valence-corrected chi connectivity index (χ0v) is 25.5. The SMILES string of the molecule is N#Cc1cncc(COc2cc(OC3CCc4c(-c5ccccc5F)cccc43)c(Cl)cc2CN2CC(O)C(O)C(O)[C@H]2CO)c1. The average molecular weight is 646 g/mol. The number of benzene rings is 3. The second-order valence-electron chi connectivity index (χ2n) is 11.6. The first-order valence-electron chi connectivity index (χ1n) is 15.0. The number of hydrogen-bond donors (Lipinski definition) is 4. The average Bonchev–Trinajstić information content (AvgIpc) is 3.47. The van der Waals surface area contributed by atoms with E-state index in [9.17, 15) is 30.1 Å². The van der Waals surface area contributed by atoms with Crippen LogP contribution in [-0.4, -0.2) is 67.8 Å². The van der Waals surface area contributed by atoms with Crippen LogP contribution in [0.1, 0.15) is 40.3 Å². The van der Waals surface area contributed by atoms with Gasteiger partial charge in [-0.1, -0.05) is 48.0 Å². The number of aliphatic hydroxyl groups is 4. The topological polar surface area (TPSA) is 139 Å². The molecule has 1 saturated heterocycles. The molecule has 1 aromatic heterocycles. The summed E-state index contributed by atoms with van der Waals surface area (Å²) in [4.78, 5) is 5.76. The van der Waals surface area contributed by atoms with E-state index in [-0.39, 0.29) is 31.6 Å². The van der Waals surface area contributed by atoms with Crippen LogP contribution >= 0.6 is 11.6 Å². The molecule has 3 aromatic carbocycles. The van der Waals surface area contributed by atoms with Crippen molar-refractivity contribution in [2.75, 3.05) is 13.2 Å². The quantitative estimate of drug-likeness (QED) is 0.210. The van der Waals surface area contributed by atoms with Crippen LogP contribution in [0.5, 0.6) is 11.5 Å². The zero-order valence-electron chi connectivity index (χ0n) is 24.8. The summed E-state index contributed by atoms with van der Waals surface area (Å²) in [6.45, 7) is -0.257.